The van der Waals surface area contributed by atoms with Gasteiger partial charge in [0.05, 0.1) is 30.6 Å². The van der Waals surface area contributed by atoms with Crippen LogP contribution in [0.4, 0.5) is 0 Å². The number of pyridine rings is 1. The summed E-state index contributed by atoms with van der Waals surface area (Å²) in [4.78, 5) is 6.54. The Morgan fingerprint density at radius 3 is 2.85 bits per heavy atom. The molecule has 2 N–H and O–H groups in total. The van der Waals surface area contributed by atoms with Crippen LogP contribution in [0.15, 0.2) is 24.4 Å². The van der Waals surface area contributed by atoms with Gasteiger partial charge in [-0.05, 0) is 25.2 Å². The van der Waals surface area contributed by atoms with Gasteiger partial charge in [-0.3, -0.25) is 4.98 Å². The van der Waals surface area contributed by atoms with Crippen molar-refractivity contribution in [1.82, 2.24) is 15.2 Å². The highest BCUT2D eigenvalue weighted by Gasteiger charge is 2.36. The lowest BCUT2D eigenvalue weighted by Gasteiger charge is -2.24. The maximum atomic E-state index is 10.3. The molecule has 0 bridgehead atoms. The lowest BCUT2D eigenvalue weighted by molar-refractivity contribution is 0.0170. The van der Waals surface area contributed by atoms with Crippen molar-refractivity contribution in [1.29, 1.82) is 0 Å². The Morgan fingerprint density at radius 2 is 2.20 bits per heavy atom. The first-order valence-electron chi connectivity index (χ1n) is 7.39. The Kier molecular flexibility index (Phi) is 5.91. The second-order valence-electron chi connectivity index (χ2n) is 5.16. The van der Waals surface area contributed by atoms with Crippen LogP contribution in [0.1, 0.15) is 19.5 Å². The summed E-state index contributed by atoms with van der Waals surface area (Å²) in [5.74, 6) is 0. The summed E-state index contributed by atoms with van der Waals surface area (Å²) >= 11 is 0. The van der Waals surface area contributed by atoms with E-state index in [0.29, 0.717) is 13.2 Å². The second-order valence-corrected chi connectivity index (χ2v) is 5.16. The molecule has 0 aromatic carbocycles. The molecule has 20 heavy (non-hydrogen) atoms. The van der Waals surface area contributed by atoms with E-state index in [2.05, 4.69) is 29.0 Å². The van der Waals surface area contributed by atoms with Crippen LogP contribution in [0, 0.1) is 0 Å². The van der Waals surface area contributed by atoms with Crippen molar-refractivity contribution in [2.24, 2.45) is 0 Å². The Labute approximate surface area is 121 Å². The van der Waals surface area contributed by atoms with Crippen LogP contribution in [0.25, 0.3) is 0 Å². The van der Waals surface area contributed by atoms with Crippen LogP contribution >= 0.6 is 0 Å². The van der Waals surface area contributed by atoms with Crippen LogP contribution in [0.5, 0.6) is 0 Å². The first-order valence-corrected chi connectivity index (χ1v) is 7.39. The minimum absolute atomic E-state index is 0.0161. The highest BCUT2D eigenvalue weighted by atomic mass is 16.5. The van der Waals surface area contributed by atoms with Crippen molar-refractivity contribution in [3.05, 3.63) is 30.1 Å². The molecule has 1 aliphatic heterocycles. The molecule has 0 spiro atoms. The zero-order valence-electron chi connectivity index (χ0n) is 12.3. The highest BCUT2D eigenvalue weighted by molar-refractivity contribution is 5.03. The largest absolute Gasteiger partial charge is 0.389 e. The average Bonchev–Trinajstić information content (AvgIpc) is 2.84. The molecule has 1 saturated heterocycles. The first kappa shape index (κ1) is 15.4. The molecule has 0 radical (unpaired) electrons. The Bertz CT molecular complexity index is 384. The Morgan fingerprint density at radius 1 is 1.40 bits per heavy atom. The predicted octanol–water partition coefficient (Wildman–Crippen LogP) is 0.641. The van der Waals surface area contributed by atoms with Crippen molar-refractivity contribution in [3.8, 4) is 0 Å². The molecule has 1 unspecified atom stereocenters. The van der Waals surface area contributed by atoms with Crippen molar-refractivity contribution < 1.29 is 9.84 Å². The molecule has 5 heteroatoms. The number of likely N-dealkylation sites (N-methyl/N-ethyl adjacent to an activating group) is 1. The smallest absolute Gasteiger partial charge is 0.0989 e. The van der Waals surface area contributed by atoms with Crippen molar-refractivity contribution in [2.45, 2.75) is 38.6 Å². The average molecular weight is 279 g/mol. The van der Waals surface area contributed by atoms with E-state index in [1.165, 1.54) is 0 Å². The maximum Gasteiger partial charge on any atom is 0.0989 e. The number of hydrogen-bond donors (Lipinski definition) is 2. The number of aliphatic hydroxyl groups excluding tert-OH is 1. The van der Waals surface area contributed by atoms with Crippen LogP contribution in [0.3, 0.4) is 0 Å². The number of nitrogens with one attached hydrogen (secondary N) is 1. The lowest BCUT2D eigenvalue weighted by Crippen LogP contribution is -2.44. The summed E-state index contributed by atoms with van der Waals surface area (Å²) in [6.45, 7) is 8.22. The van der Waals surface area contributed by atoms with Gasteiger partial charge in [0.1, 0.15) is 0 Å². The Balaban J connectivity index is 1.80. The summed E-state index contributed by atoms with van der Waals surface area (Å²) in [6, 6.07) is 5.83. The van der Waals surface area contributed by atoms with Gasteiger partial charge in [0.25, 0.3) is 0 Å². The maximum absolute atomic E-state index is 10.3. The highest BCUT2D eigenvalue weighted by Crippen LogP contribution is 2.16. The van der Waals surface area contributed by atoms with Gasteiger partial charge in [0.2, 0.25) is 0 Å². The molecule has 0 aliphatic carbocycles. The Hall–Kier alpha value is -1.01. The minimum atomic E-state index is -0.459. The van der Waals surface area contributed by atoms with Crippen LogP contribution < -0.4 is 5.32 Å². The molecule has 0 saturated carbocycles. The van der Waals surface area contributed by atoms with Gasteiger partial charge in [-0.25, -0.2) is 0 Å². The fourth-order valence-corrected chi connectivity index (χ4v) is 2.50. The summed E-state index contributed by atoms with van der Waals surface area (Å²) in [7, 11) is 0. The second kappa shape index (κ2) is 7.69. The number of ether oxygens (including phenoxy) is 1. The van der Waals surface area contributed by atoms with Gasteiger partial charge in [-0.2, -0.15) is 0 Å². The fourth-order valence-electron chi connectivity index (χ4n) is 2.50. The third-order valence-electron chi connectivity index (χ3n) is 3.89. The van der Waals surface area contributed by atoms with Gasteiger partial charge in [0.15, 0.2) is 0 Å². The number of aromatic nitrogens is 1. The number of rotatable bonds is 7. The third kappa shape index (κ3) is 3.99. The summed E-state index contributed by atoms with van der Waals surface area (Å²) < 4.78 is 5.73. The summed E-state index contributed by atoms with van der Waals surface area (Å²) in [5.41, 5.74) is 0.979. The quantitative estimate of drug-likeness (QED) is 0.767. The molecule has 1 fully saturated rings. The summed E-state index contributed by atoms with van der Waals surface area (Å²) in [6.07, 6.45) is 1.22. The number of aliphatic hydroxyl groups is 1. The lowest BCUT2D eigenvalue weighted by atomic mass is 10.1. The molecule has 112 valence electrons. The van der Waals surface area contributed by atoms with Gasteiger partial charge in [-0.1, -0.05) is 19.9 Å². The normalized spacial score (nSPS) is 26.3. The predicted molar refractivity (Wildman–Crippen MR) is 78.4 cm³/mol. The molecule has 1 aromatic rings. The molecular formula is C15H25N3O2. The minimum Gasteiger partial charge on any atom is -0.389 e. The van der Waals surface area contributed by atoms with E-state index in [1.54, 1.807) is 6.20 Å². The van der Waals surface area contributed by atoms with E-state index in [0.717, 1.165) is 25.3 Å². The molecular weight excluding hydrogens is 254 g/mol. The number of hydrogen-bond acceptors (Lipinski definition) is 5. The zero-order valence-corrected chi connectivity index (χ0v) is 12.3. The van der Waals surface area contributed by atoms with E-state index in [1.807, 2.05) is 18.2 Å². The topological polar surface area (TPSA) is 57.6 Å². The van der Waals surface area contributed by atoms with Crippen molar-refractivity contribution >= 4 is 0 Å². The van der Waals surface area contributed by atoms with E-state index >= 15 is 0 Å². The SMILES string of the molecule is CCN(CC)C[C@@H]1OCC(NCc2ccccn2)[C@H]1O. The first-order chi connectivity index (χ1) is 9.74. The van der Waals surface area contributed by atoms with Crippen LogP contribution in [-0.4, -0.2) is 59.5 Å². The van der Waals surface area contributed by atoms with Gasteiger partial charge >= 0.3 is 0 Å². The van der Waals surface area contributed by atoms with E-state index in [4.69, 9.17) is 4.74 Å². The van der Waals surface area contributed by atoms with E-state index in [9.17, 15) is 5.11 Å². The third-order valence-corrected chi connectivity index (χ3v) is 3.89. The monoisotopic (exact) mass is 279 g/mol. The van der Waals surface area contributed by atoms with Crippen LogP contribution in [-0.2, 0) is 11.3 Å². The van der Waals surface area contributed by atoms with E-state index in [-0.39, 0.29) is 12.1 Å². The van der Waals surface area contributed by atoms with Crippen molar-refractivity contribution in [2.75, 3.05) is 26.2 Å². The molecule has 5 nitrogen and oxygen atoms in total. The standard InChI is InChI=1S/C15H25N3O2/c1-3-18(4-2)10-14-15(19)13(11-20-14)17-9-12-7-5-6-8-16-12/h5-8,13-15,17,19H,3-4,9-11H2,1-2H3/t13?,14-,15+/m0/s1. The van der Waals surface area contributed by atoms with Gasteiger partial charge in [0, 0.05) is 19.3 Å². The van der Waals surface area contributed by atoms with Gasteiger partial charge in [-0.15, -0.1) is 0 Å². The van der Waals surface area contributed by atoms with Crippen LogP contribution in [0.2, 0.25) is 0 Å². The molecule has 2 heterocycles. The molecule has 2 rings (SSSR count). The molecule has 1 aromatic heterocycles. The fraction of sp³-hybridized carbons (Fsp3) is 0.667. The molecule has 0 amide bonds. The number of nitrogens with zero attached hydrogens (tertiary/aromatic N) is 2. The van der Waals surface area contributed by atoms with Crippen molar-refractivity contribution in [3.63, 3.8) is 0 Å². The van der Waals surface area contributed by atoms with E-state index < -0.39 is 6.10 Å². The molecule has 3 atom stereocenters. The van der Waals surface area contributed by atoms with Gasteiger partial charge < -0.3 is 20.1 Å². The summed E-state index contributed by atoms with van der Waals surface area (Å²) in [5, 5.41) is 13.7. The zero-order chi connectivity index (χ0) is 14.4. The molecule has 1 aliphatic rings.